The molecule has 3 aromatic rings. The summed E-state index contributed by atoms with van der Waals surface area (Å²) in [6, 6.07) is 22.4. The summed E-state index contributed by atoms with van der Waals surface area (Å²) in [6.45, 7) is 0.795. The van der Waals surface area contributed by atoms with E-state index in [1.54, 1.807) is 18.0 Å². The molecule has 0 saturated carbocycles. The molecule has 29 heavy (non-hydrogen) atoms. The number of halogens is 1. The normalized spacial score (nSPS) is 10.9. The monoisotopic (exact) mass is 411 g/mol. The third kappa shape index (κ3) is 6.34. The number of carbonyl (C=O) groups is 1. The summed E-state index contributed by atoms with van der Waals surface area (Å²) in [5, 5.41) is 8.85. The number of aliphatic carboxylic acids is 1. The van der Waals surface area contributed by atoms with E-state index in [9.17, 15) is 9.18 Å². The van der Waals surface area contributed by atoms with Gasteiger partial charge in [-0.15, -0.1) is 0 Å². The molecule has 0 aliphatic carbocycles. The Balaban J connectivity index is 1.81. The molecule has 0 amide bonds. The Labute approximate surface area is 173 Å². The Morgan fingerprint density at radius 1 is 1.03 bits per heavy atom. The van der Waals surface area contributed by atoms with Gasteiger partial charge in [0.05, 0.1) is 11.4 Å². The minimum Gasteiger partial charge on any atom is -0.491 e. The minimum atomic E-state index is -0.873. The highest BCUT2D eigenvalue weighted by Crippen LogP contribution is 2.38. The summed E-state index contributed by atoms with van der Waals surface area (Å²) in [5.74, 6) is -0.475. The van der Waals surface area contributed by atoms with Gasteiger partial charge in [0, 0.05) is 11.4 Å². The van der Waals surface area contributed by atoms with Gasteiger partial charge in [-0.05, 0) is 48.5 Å². The average molecular weight is 411 g/mol. The predicted octanol–water partition coefficient (Wildman–Crippen LogP) is 5.04. The average Bonchev–Trinajstić information content (AvgIpc) is 2.69. The molecule has 4 nitrogen and oxygen atoms in total. The lowest BCUT2D eigenvalue weighted by Crippen LogP contribution is -2.29. The van der Waals surface area contributed by atoms with E-state index in [-0.39, 0.29) is 12.4 Å². The molecule has 6 heteroatoms. The maximum absolute atomic E-state index is 13.6. The van der Waals surface area contributed by atoms with E-state index in [1.807, 2.05) is 54.6 Å². The van der Waals surface area contributed by atoms with E-state index in [0.29, 0.717) is 18.9 Å². The van der Waals surface area contributed by atoms with E-state index in [4.69, 9.17) is 9.84 Å². The lowest BCUT2D eigenvalue weighted by atomic mass is 10.1. The quantitative estimate of drug-likeness (QED) is 0.535. The highest BCUT2D eigenvalue weighted by molar-refractivity contribution is 7.99. The number of hydrogen-bond acceptors (Lipinski definition) is 4. The molecule has 0 aromatic heterocycles. The van der Waals surface area contributed by atoms with Gasteiger partial charge in [-0.1, -0.05) is 54.2 Å². The highest BCUT2D eigenvalue weighted by atomic mass is 32.2. The molecule has 0 unspecified atom stereocenters. The molecule has 3 rings (SSSR count). The Bertz CT molecular complexity index is 965. The van der Waals surface area contributed by atoms with Crippen LogP contribution in [0.25, 0.3) is 11.1 Å². The van der Waals surface area contributed by atoms with Crippen molar-refractivity contribution in [2.75, 3.05) is 26.7 Å². The fourth-order valence-electron chi connectivity index (χ4n) is 2.80. The van der Waals surface area contributed by atoms with Gasteiger partial charge in [0.2, 0.25) is 0 Å². The van der Waals surface area contributed by atoms with Crippen molar-refractivity contribution in [2.45, 2.75) is 9.79 Å². The van der Waals surface area contributed by atoms with Crippen molar-refractivity contribution in [1.82, 2.24) is 4.90 Å². The number of rotatable bonds is 9. The van der Waals surface area contributed by atoms with Crippen LogP contribution in [-0.4, -0.2) is 42.7 Å². The van der Waals surface area contributed by atoms with E-state index >= 15 is 0 Å². The topological polar surface area (TPSA) is 49.8 Å². The Morgan fingerprint density at radius 3 is 2.55 bits per heavy atom. The van der Waals surface area contributed by atoms with Crippen molar-refractivity contribution in [3.63, 3.8) is 0 Å². The standard InChI is InChI=1S/C23H22FNO3S/c1-25(16-23(26)27)12-13-28-21-11-10-18(17-6-3-2-4-7-17)14-22(21)29-20-9-5-8-19(24)15-20/h2-11,14-15H,12-13,16H2,1H3,(H,26,27). The largest absolute Gasteiger partial charge is 0.491 e. The van der Waals surface area contributed by atoms with Gasteiger partial charge in [0.1, 0.15) is 18.2 Å². The van der Waals surface area contributed by atoms with Crippen molar-refractivity contribution in [1.29, 1.82) is 0 Å². The van der Waals surface area contributed by atoms with E-state index < -0.39 is 5.97 Å². The maximum atomic E-state index is 13.6. The molecule has 0 fully saturated rings. The third-order valence-corrected chi connectivity index (χ3v) is 5.24. The fraction of sp³-hybridized carbons (Fsp3) is 0.174. The van der Waals surface area contributed by atoms with Crippen molar-refractivity contribution < 1.29 is 19.0 Å². The number of ether oxygens (including phenoxy) is 1. The van der Waals surface area contributed by atoms with Crippen LogP contribution < -0.4 is 4.74 Å². The van der Waals surface area contributed by atoms with Crippen LogP contribution in [0.5, 0.6) is 5.75 Å². The van der Waals surface area contributed by atoms with Crippen LogP contribution in [0.4, 0.5) is 4.39 Å². The summed E-state index contributed by atoms with van der Waals surface area (Å²) >= 11 is 1.43. The van der Waals surface area contributed by atoms with Crippen LogP contribution in [0.1, 0.15) is 0 Å². The summed E-state index contributed by atoms with van der Waals surface area (Å²) in [5.41, 5.74) is 2.13. The smallest absolute Gasteiger partial charge is 0.317 e. The van der Waals surface area contributed by atoms with Crippen molar-refractivity contribution in [3.05, 3.63) is 78.6 Å². The van der Waals surface area contributed by atoms with E-state index in [2.05, 4.69) is 0 Å². The molecule has 0 radical (unpaired) electrons. The highest BCUT2D eigenvalue weighted by Gasteiger charge is 2.11. The van der Waals surface area contributed by atoms with Gasteiger partial charge >= 0.3 is 5.97 Å². The molecule has 0 heterocycles. The van der Waals surface area contributed by atoms with Crippen LogP contribution in [0.3, 0.4) is 0 Å². The first-order valence-corrected chi connectivity index (χ1v) is 9.99. The second-order valence-corrected chi connectivity index (χ2v) is 7.68. The molecule has 1 N–H and O–H groups in total. The minimum absolute atomic E-state index is 0.0405. The van der Waals surface area contributed by atoms with Gasteiger partial charge < -0.3 is 9.84 Å². The fourth-order valence-corrected chi connectivity index (χ4v) is 3.78. The molecule has 0 aliphatic heterocycles. The SMILES string of the molecule is CN(CCOc1ccc(-c2ccccc2)cc1Sc1cccc(F)c1)CC(=O)O. The zero-order valence-corrected chi connectivity index (χ0v) is 16.9. The first kappa shape index (κ1) is 20.9. The number of carboxylic acids is 1. The molecule has 3 aromatic carbocycles. The molecule has 0 bridgehead atoms. The third-order valence-electron chi connectivity index (χ3n) is 4.21. The summed E-state index contributed by atoms with van der Waals surface area (Å²) < 4.78 is 19.5. The maximum Gasteiger partial charge on any atom is 0.317 e. The molecule has 0 saturated heterocycles. The summed E-state index contributed by atoms with van der Waals surface area (Å²) in [6.07, 6.45) is 0. The first-order chi connectivity index (χ1) is 14.0. The number of benzene rings is 3. The molecule has 150 valence electrons. The summed E-state index contributed by atoms with van der Waals surface area (Å²) in [7, 11) is 1.73. The first-order valence-electron chi connectivity index (χ1n) is 9.17. The van der Waals surface area contributed by atoms with Crippen molar-refractivity contribution >= 4 is 17.7 Å². The Hall–Kier alpha value is -2.83. The van der Waals surface area contributed by atoms with Crippen LogP contribution in [0, 0.1) is 5.82 Å². The van der Waals surface area contributed by atoms with Crippen LogP contribution >= 0.6 is 11.8 Å². The second kappa shape index (κ2) is 10.1. The number of likely N-dealkylation sites (N-methyl/N-ethyl adjacent to an activating group) is 1. The van der Waals surface area contributed by atoms with E-state index in [1.165, 1.54) is 23.9 Å². The molecule has 0 aliphatic rings. The molecular formula is C23H22FNO3S. The van der Waals surface area contributed by atoms with Gasteiger partial charge in [-0.3, -0.25) is 9.69 Å². The number of nitrogens with zero attached hydrogens (tertiary/aromatic N) is 1. The zero-order chi connectivity index (χ0) is 20.6. The zero-order valence-electron chi connectivity index (χ0n) is 16.0. The van der Waals surface area contributed by atoms with Gasteiger partial charge in [0.15, 0.2) is 0 Å². The Morgan fingerprint density at radius 2 is 1.83 bits per heavy atom. The number of hydrogen-bond donors (Lipinski definition) is 1. The molecule has 0 atom stereocenters. The van der Waals surface area contributed by atoms with Gasteiger partial charge in [-0.2, -0.15) is 0 Å². The predicted molar refractivity (Wildman–Crippen MR) is 113 cm³/mol. The lowest BCUT2D eigenvalue weighted by Gasteiger charge is -2.17. The van der Waals surface area contributed by atoms with Crippen molar-refractivity contribution in [2.24, 2.45) is 0 Å². The lowest BCUT2D eigenvalue weighted by molar-refractivity contribution is -0.138. The van der Waals surface area contributed by atoms with Gasteiger partial charge in [-0.25, -0.2) is 4.39 Å². The molecular weight excluding hydrogens is 389 g/mol. The molecule has 0 spiro atoms. The van der Waals surface area contributed by atoms with Crippen LogP contribution in [-0.2, 0) is 4.79 Å². The van der Waals surface area contributed by atoms with Crippen LogP contribution in [0.15, 0.2) is 82.6 Å². The van der Waals surface area contributed by atoms with Crippen LogP contribution in [0.2, 0.25) is 0 Å². The Kier molecular flexibility index (Phi) is 7.27. The number of carboxylic acid groups (broad SMARTS) is 1. The summed E-state index contributed by atoms with van der Waals surface area (Å²) in [4.78, 5) is 14.1. The van der Waals surface area contributed by atoms with Gasteiger partial charge in [0.25, 0.3) is 0 Å². The van der Waals surface area contributed by atoms with Crippen molar-refractivity contribution in [3.8, 4) is 16.9 Å². The van der Waals surface area contributed by atoms with E-state index in [0.717, 1.165) is 20.9 Å². The second-order valence-electron chi connectivity index (χ2n) is 6.57.